The normalized spacial score (nSPS) is 12.2. The maximum atomic E-state index is 10.8. The molecule has 0 aliphatic rings. The number of hydrogen-bond acceptors (Lipinski definition) is 3. The molecule has 1 rings (SSSR count). The van der Waals surface area contributed by atoms with Crippen LogP contribution in [0, 0.1) is 0 Å². The monoisotopic (exact) mass is 394 g/mol. The number of unbranched alkanes of at least 4 members (excludes halogenated alkanes) is 3. The van der Waals surface area contributed by atoms with Crippen LogP contribution in [0.1, 0.15) is 77.6 Å². The van der Waals surface area contributed by atoms with Gasteiger partial charge in [0.15, 0.2) is 8.32 Å². The summed E-state index contributed by atoms with van der Waals surface area (Å²) in [6, 6.07) is 6.57. The molecule has 1 aromatic carbocycles. The van der Waals surface area contributed by atoms with E-state index in [0.717, 1.165) is 38.0 Å². The van der Waals surface area contributed by atoms with E-state index in [1.54, 1.807) is 24.3 Å². The van der Waals surface area contributed by atoms with Gasteiger partial charge in [0.1, 0.15) is 5.75 Å². The highest BCUT2D eigenvalue weighted by atomic mass is 28.4. The molecule has 0 atom stereocenters. The number of hydrogen-bond donors (Lipinski definition) is 1. The van der Waals surface area contributed by atoms with Crippen molar-refractivity contribution in [2.75, 3.05) is 13.2 Å². The van der Waals surface area contributed by atoms with Crippen LogP contribution >= 0.6 is 0 Å². The highest BCUT2D eigenvalue weighted by Crippen LogP contribution is 2.42. The fraction of sp³-hybridized carbons (Fsp3) is 0.682. The molecule has 0 aliphatic carbocycles. The van der Waals surface area contributed by atoms with E-state index in [9.17, 15) is 4.79 Å². The van der Waals surface area contributed by atoms with Crippen molar-refractivity contribution >= 4 is 14.3 Å². The van der Waals surface area contributed by atoms with Gasteiger partial charge >= 0.3 is 5.97 Å². The molecule has 4 nitrogen and oxygen atoms in total. The molecule has 1 aromatic rings. The van der Waals surface area contributed by atoms with Gasteiger partial charge in [-0.05, 0) is 60.2 Å². The Hall–Kier alpha value is -1.33. The minimum absolute atomic E-state index is 0.283. The molecule has 0 heterocycles. The summed E-state index contributed by atoms with van der Waals surface area (Å²) in [4.78, 5) is 10.8. The van der Waals surface area contributed by atoms with Crippen molar-refractivity contribution in [1.82, 2.24) is 0 Å². The predicted molar refractivity (Wildman–Crippen MR) is 114 cm³/mol. The van der Waals surface area contributed by atoms with E-state index in [0.29, 0.717) is 23.2 Å². The molecule has 0 unspecified atom stereocenters. The van der Waals surface area contributed by atoms with Crippen LogP contribution in [0.5, 0.6) is 5.75 Å². The summed E-state index contributed by atoms with van der Waals surface area (Å²) < 4.78 is 12.3. The lowest BCUT2D eigenvalue weighted by Gasteiger charge is -2.42. The second-order valence-corrected chi connectivity index (χ2v) is 13.7. The third-order valence-corrected chi connectivity index (χ3v) is 11.6. The molecule has 5 heteroatoms. The summed E-state index contributed by atoms with van der Waals surface area (Å²) in [5.74, 6) is -0.187. The van der Waals surface area contributed by atoms with Crippen LogP contribution in [0.15, 0.2) is 24.3 Å². The Labute approximate surface area is 166 Å². The number of rotatable bonds is 13. The van der Waals surface area contributed by atoms with Gasteiger partial charge in [-0.3, -0.25) is 0 Å². The molecule has 154 valence electrons. The zero-order chi connectivity index (χ0) is 20.4. The molecular weight excluding hydrogens is 356 g/mol. The maximum Gasteiger partial charge on any atom is 0.335 e. The summed E-state index contributed by atoms with van der Waals surface area (Å²) in [5, 5.41) is 8.89. The Morgan fingerprint density at radius 3 is 1.78 bits per heavy atom. The number of carboxylic acids is 1. The first-order chi connectivity index (χ1) is 12.7. The molecule has 27 heavy (non-hydrogen) atoms. The van der Waals surface area contributed by atoms with Gasteiger partial charge in [-0.2, -0.15) is 0 Å². The fourth-order valence-electron chi connectivity index (χ4n) is 4.19. The van der Waals surface area contributed by atoms with Gasteiger partial charge in [0.2, 0.25) is 0 Å². The van der Waals surface area contributed by atoms with E-state index in [1.165, 1.54) is 0 Å². The lowest BCUT2D eigenvalue weighted by atomic mass is 10.2. The number of ether oxygens (including phenoxy) is 1. The zero-order valence-electron chi connectivity index (χ0n) is 18.0. The van der Waals surface area contributed by atoms with Gasteiger partial charge in [-0.1, -0.05) is 48.0 Å². The Balaban J connectivity index is 2.24. The topological polar surface area (TPSA) is 55.8 Å². The smallest absolute Gasteiger partial charge is 0.335 e. The number of carboxylic acid groups (broad SMARTS) is 1. The first-order valence-electron chi connectivity index (χ1n) is 10.3. The van der Waals surface area contributed by atoms with E-state index in [2.05, 4.69) is 41.5 Å². The fourth-order valence-corrected chi connectivity index (χ4v) is 9.69. The van der Waals surface area contributed by atoms with Crippen molar-refractivity contribution in [3.8, 4) is 5.75 Å². The van der Waals surface area contributed by atoms with Crippen molar-refractivity contribution in [2.45, 2.75) is 83.8 Å². The number of carbonyl (C=O) groups is 1. The quantitative estimate of drug-likeness (QED) is 0.306. The van der Waals surface area contributed by atoms with Crippen molar-refractivity contribution < 1.29 is 19.1 Å². The number of benzene rings is 1. The van der Waals surface area contributed by atoms with Gasteiger partial charge in [0, 0.05) is 6.61 Å². The van der Waals surface area contributed by atoms with Crippen LogP contribution in [0.3, 0.4) is 0 Å². The van der Waals surface area contributed by atoms with Crippen molar-refractivity contribution in [3.05, 3.63) is 29.8 Å². The second kappa shape index (κ2) is 11.5. The summed E-state index contributed by atoms with van der Waals surface area (Å²) in [6.45, 7) is 15.5. The van der Waals surface area contributed by atoms with E-state index in [1.807, 2.05) is 0 Å². The summed E-state index contributed by atoms with van der Waals surface area (Å²) >= 11 is 0. The minimum Gasteiger partial charge on any atom is -0.494 e. The van der Waals surface area contributed by atoms with E-state index in [4.69, 9.17) is 14.3 Å². The molecule has 0 bridgehead atoms. The molecular formula is C22H38O4Si. The molecule has 0 aromatic heterocycles. The lowest BCUT2D eigenvalue weighted by Crippen LogP contribution is -2.47. The summed E-state index contributed by atoms with van der Waals surface area (Å²) in [5.41, 5.74) is 2.20. The van der Waals surface area contributed by atoms with Gasteiger partial charge < -0.3 is 14.3 Å². The lowest BCUT2D eigenvalue weighted by molar-refractivity contribution is 0.0697. The maximum absolute atomic E-state index is 10.8. The summed E-state index contributed by atoms with van der Waals surface area (Å²) in [7, 11) is -1.73. The average Bonchev–Trinajstić information content (AvgIpc) is 2.59. The molecule has 0 spiro atoms. The zero-order valence-corrected chi connectivity index (χ0v) is 19.0. The van der Waals surface area contributed by atoms with Crippen LogP contribution in [-0.4, -0.2) is 32.6 Å². The van der Waals surface area contributed by atoms with Crippen LogP contribution in [0.25, 0.3) is 0 Å². The van der Waals surface area contributed by atoms with Gasteiger partial charge in [0.25, 0.3) is 0 Å². The standard InChI is InChI=1S/C22H38O4Si/c1-17(2)27(18(3)4,19(5)6)26-16-10-8-7-9-15-25-21-13-11-20(12-14-21)22(23)24/h11-14,17-19H,7-10,15-16H2,1-6H3,(H,23,24). The van der Waals surface area contributed by atoms with E-state index >= 15 is 0 Å². The largest absolute Gasteiger partial charge is 0.494 e. The second-order valence-electron chi connectivity index (χ2n) is 8.26. The van der Waals surface area contributed by atoms with E-state index in [-0.39, 0.29) is 5.56 Å². The molecule has 0 radical (unpaired) electrons. The highest BCUT2D eigenvalue weighted by molar-refractivity contribution is 6.77. The minimum atomic E-state index is -1.73. The van der Waals surface area contributed by atoms with Gasteiger partial charge in [-0.25, -0.2) is 4.79 Å². The van der Waals surface area contributed by atoms with E-state index < -0.39 is 14.3 Å². The third kappa shape index (κ3) is 6.96. The van der Waals surface area contributed by atoms with Gasteiger partial charge in [-0.15, -0.1) is 0 Å². The molecule has 0 amide bonds. The van der Waals surface area contributed by atoms with Crippen molar-refractivity contribution in [3.63, 3.8) is 0 Å². The van der Waals surface area contributed by atoms with Crippen LogP contribution in [-0.2, 0) is 4.43 Å². The Morgan fingerprint density at radius 1 is 0.852 bits per heavy atom. The molecule has 0 fully saturated rings. The highest BCUT2D eigenvalue weighted by Gasteiger charge is 2.44. The predicted octanol–water partition coefficient (Wildman–Crippen LogP) is 6.52. The summed E-state index contributed by atoms with van der Waals surface area (Å²) in [6.07, 6.45) is 4.38. The molecule has 0 saturated heterocycles. The van der Waals surface area contributed by atoms with Gasteiger partial charge in [0.05, 0.1) is 12.2 Å². The average molecular weight is 395 g/mol. The SMILES string of the molecule is CC(C)[Si](OCCCCCCOc1ccc(C(=O)O)cc1)(C(C)C)C(C)C. The van der Waals surface area contributed by atoms with Crippen molar-refractivity contribution in [2.24, 2.45) is 0 Å². The van der Waals surface area contributed by atoms with Crippen LogP contribution in [0.2, 0.25) is 16.6 Å². The molecule has 1 N–H and O–H groups in total. The Morgan fingerprint density at radius 2 is 1.33 bits per heavy atom. The first kappa shape index (κ1) is 23.7. The molecule has 0 aliphatic heterocycles. The number of aromatic carboxylic acids is 1. The van der Waals surface area contributed by atoms with Crippen LogP contribution < -0.4 is 4.74 Å². The Kier molecular flexibility index (Phi) is 10.1. The Bertz CT molecular complexity index is 530. The van der Waals surface area contributed by atoms with Crippen LogP contribution in [0.4, 0.5) is 0 Å². The third-order valence-electron chi connectivity index (χ3n) is 5.47. The van der Waals surface area contributed by atoms with Crippen molar-refractivity contribution in [1.29, 1.82) is 0 Å². The first-order valence-corrected chi connectivity index (χ1v) is 12.5. The molecule has 0 saturated carbocycles.